The molecule has 17 heavy (non-hydrogen) atoms. The molecule has 90 valence electrons. The van der Waals surface area contributed by atoms with Gasteiger partial charge < -0.3 is 9.32 Å². The van der Waals surface area contributed by atoms with E-state index in [4.69, 9.17) is 16.0 Å². The van der Waals surface area contributed by atoms with Crippen molar-refractivity contribution in [2.45, 2.75) is 12.4 Å². The van der Waals surface area contributed by atoms with Crippen LogP contribution in [-0.2, 0) is 12.4 Å². The molecule has 0 N–H and O–H groups in total. The lowest BCUT2D eigenvalue weighted by Crippen LogP contribution is -2.17. The normalized spacial score (nSPS) is 10.5. The van der Waals surface area contributed by atoms with Crippen LogP contribution in [0.2, 0.25) is 0 Å². The predicted molar refractivity (Wildman–Crippen MR) is 72.3 cm³/mol. The van der Waals surface area contributed by atoms with E-state index in [9.17, 15) is 0 Å². The summed E-state index contributed by atoms with van der Waals surface area (Å²) < 4.78 is 6.42. The number of anilines is 1. The van der Waals surface area contributed by atoms with Gasteiger partial charge in [-0.05, 0) is 11.6 Å². The standard InChI is InChI=1S/C12H12BrClN2O/c1-16(12-15-10(6-14)8-17-12)7-9-4-2-3-5-11(9)13/h2-5,8H,6-7H2,1H3. The van der Waals surface area contributed by atoms with E-state index >= 15 is 0 Å². The molecule has 1 heterocycles. The van der Waals surface area contributed by atoms with E-state index in [0.29, 0.717) is 11.9 Å². The highest BCUT2D eigenvalue weighted by Crippen LogP contribution is 2.20. The van der Waals surface area contributed by atoms with Crippen molar-refractivity contribution in [2.75, 3.05) is 11.9 Å². The number of aromatic nitrogens is 1. The van der Waals surface area contributed by atoms with E-state index in [-0.39, 0.29) is 0 Å². The quantitative estimate of drug-likeness (QED) is 0.803. The molecular weight excluding hydrogens is 304 g/mol. The summed E-state index contributed by atoms with van der Waals surface area (Å²) in [5.74, 6) is 0.367. The van der Waals surface area contributed by atoms with Crippen molar-refractivity contribution in [2.24, 2.45) is 0 Å². The highest BCUT2D eigenvalue weighted by molar-refractivity contribution is 9.10. The molecule has 2 rings (SSSR count). The van der Waals surface area contributed by atoms with Crippen LogP contribution in [-0.4, -0.2) is 12.0 Å². The zero-order valence-electron chi connectivity index (χ0n) is 9.36. The second-order valence-corrected chi connectivity index (χ2v) is 4.82. The van der Waals surface area contributed by atoms with Crippen LogP contribution in [0.5, 0.6) is 0 Å². The number of oxazole rings is 1. The van der Waals surface area contributed by atoms with E-state index in [1.165, 1.54) is 5.56 Å². The number of nitrogens with zero attached hydrogens (tertiary/aromatic N) is 2. The monoisotopic (exact) mass is 314 g/mol. The molecule has 0 bridgehead atoms. The van der Waals surface area contributed by atoms with Gasteiger partial charge in [-0.25, -0.2) is 0 Å². The zero-order chi connectivity index (χ0) is 12.3. The third-order valence-electron chi connectivity index (χ3n) is 2.37. The molecule has 1 aromatic heterocycles. The SMILES string of the molecule is CN(Cc1ccccc1Br)c1nc(CCl)co1. The maximum absolute atomic E-state index is 5.68. The molecule has 0 aliphatic heterocycles. The maximum atomic E-state index is 5.68. The Labute approximate surface area is 114 Å². The molecule has 0 saturated heterocycles. The molecule has 5 heteroatoms. The van der Waals surface area contributed by atoms with Gasteiger partial charge in [0.2, 0.25) is 0 Å². The molecule has 0 aliphatic carbocycles. The summed E-state index contributed by atoms with van der Waals surface area (Å²) in [5.41, 5.74) is 1.93. The fraction of sp³-hybridized carbons (Fsp3) is 0.250. The molecular formula is C12H12BrClN2O. The molecule has 2 aromatic rings. The molecule has 0 unspecified atom stereocenters. The number of alkyl halides is 1. The van der Waals surface area contributed by atoms with Crippen LogP contribution in [0.3, 0.4) is 0 Å². The Balaban J connectivity index is 2.11. The van der Waals surface area contributed by atoms with Crippen LogP contribution < -0.4 is 4.90 Å². The first-order valence-electron chi connectivity index (χ1n) is 5.15. The maximum Gasteiger partial charge on any atom is 0.297 e. The van der Waals surface area contributed by atoms with E-state index in [0.717, 1.165) is 16.7 Å². The minimum atomic E-state index is 0.367. The Morgan fingerprint density at radius 1 is 1.41 bits per heavy atom. The van der Waals surface area contributed by atoms with Crippen molar-refractivity contribution < 1.29 is 4.42 Å². The number of halogens is 2. The molecule has 3 nitrogen and oxygen atoms in total. The Morgan fingerprint density at radius 2 is 2.18 bits per heavy atom. The first-order valence-corrected chi connectivity index (χ1v) is 6.48. The van der Waals surface area contributed by atoms with E-state index in [2.05, 4.69) is 27.0 Å². The highest BCUT2D eigenvalue weighted by atomic mass is 79.9. The largest absolute Gasteiger partial charge is 0.432 e. The summed E-state index contributed by atoms with van der Waals surface area (Å²) in [5, 5.41) is 0. The molecule has 0 fully saturated rings. The average molecular weight is 316 g/mol. The first kappa shape index (κ1) is 12.5. The fourth-order valence-corrected chi connectivity index (χ4v) is 2.02. The van der Waals surface area contributed by atoms with Gasteiger partial charge in [0.1, 0.15) is 6.26 Å². The summed E-state index contributed by atoms with van der Waals surface area (Å²) in [7, 11) is 1.93. The van der Waals surface area contributed by atoms with Gasteiger partial charge in [0.25, 0.3) is 6.01 Å². The van der Waals surface area contributed by atoms with Crippen LogP contribution >= 0.6 is 27.5 Å². The number of rotatable bonds is 4. The first-order chi connectivity index (χ1) is 8.20. The molecule has 0 atom stereocenters. The van der Waals surface area contributed by atoms with Gasteiger partial charge in [0, 0.05) is 18.1 Å². The lowest BCUT2D eigenvalue weighted by Gasteiger charge is -2.15. The molecule has 1 aromatic carbocycles. The summed E-state index contributed by atoms with van der Waals surface area (Å²) >= 11 is 9.20. The summed E-state index contributed by atoms with van der Waals surface area (Å²) in [4.78, 5) is 6.21. The van der Waals surface area contributed by atoms with Gasteiger partial charge >= 0.3 is 0 Å². The van der Waals surface area contributed by atoms with Crippen LogP contribution in [0.15, 0.2) is 39.4 Å². The lowest BCUT2D eigenvalue weighted by molar-refractivity contribution is 0.544. The third kappa shape index (κ3) is 3.01. The summed E-state index contributed by atoms with van der Waals surface area (Å²) in [6.07, 6.45) is 1.58. The molecule has 0 aliphatic rings. The minimum absolute atomic E-state index is 0.367. The molecule has 0 saturated carbocycles. The van der Waals surface area contributed by atoms with E-state index < -0.39 is 0 Å². The highest BCUT2D eigenvalue weighted by Gasteiger charge is 2.10. The van der Waals surface area contributed by atoms with Crippen LogP contribution in [0.25, 0.3) is 0 Å². The minimum Gasteiger partial charge on any atom is -0.432 e. The second-order valence-electron chi connectivity index (χ2n) is 3.70. The zero-order valence-corrected chi connectivity index (χ0v) is 11.7. The van der Waals surface area contributed by atoms with Gasteiger partial charge in [0.05, 0.1) is 11.6 Å². The summed E-state index contributed by atoms with van der Waals surface area (Å²) in [6.45, 7) is 0.726. The van der Waals surface area contributed by atoms with Crippen molar-refractivity contribution in [1.29, 1.82) is 0 Å². The summed E-state index contributed by atoms with van der Waals surface area (Å²) in [6, 6.07) is 8.66. The molecule has 0 spiro atoms. The van der Waals surface area contributed by atoms with Crippen molar-refractivity contribution >= 4 is 33.5 Å². The van der Waals surface area contributed by atoms with Crippen molar-refractivity contribution in [1.82, 2.24) is 4.98 Å². The van der Waals surface area contributed by atoms with Gasteiger partial charge in [-0.3, -0.25) is 0 Å². The Hall–Kier alpha value is -1.00. The van der Waals surface area contributed by atoms with Gasteiger partial charge in [0.15, 0.2) is 0 Å². The predicted octanol–water partition coefficient (Wildman–Crippen LogP) is 3.81. The van der Waals surface area contributed by atoms with Crippen molar-refractivity contribution in [3.05, 3.63) is 46.3 Å². The Bertz CT molecular complexity index is 501. The third-order valence-corrected chi connectivity index (χ3v) is 3.42. The van der Waals surface area contributed by atoms with Gasteiger partial charge in [-0.1, -0.05) is 34.1 Å². The fourth-order valence-electron chi connectivity index (χ4n) is 1.48. The number of hydrogen-bond donors (Lipinski definition) is 0. The number of benzene rings is 1. The van der Waals surface area contributed by atoms with Crippen molar-refractivity contribution in [3.8, 4) is 0 Å². The topological polar surface area (TPSA) is 29.3 Å². The molecule has 0 radical (unpaired) electrons. The van der Waals surface area contributed by atoms with Gasteiger partial charge in [-0.15, -0.1) is 11.6 Å². The van der Waals surface area contributed by atoms with E-state index in [1.54, 1.807) is 6.26 Å². The van der Waals surface area contributed by atoms with Crippen LogP contribution in [0.4, 0.5) is 6.01 Å². The smallest absolute Gasteiger partial charge is 0.297 e. The average Bonchev–Trinajstić information content (AvgIpc) is 2.81. The Morgan fingerprint density at radius 3 is 2.82 bits per heavy atom. The van der Waals surface area contributed by atoms with Crippen LogP contribution in [0, 0.1) is 0 Å². The second kappa shape index (κ2) is 5.56. The van der Waals surface area contributed by atoms with Crippen LogP contribution in [0.1, 0.15) is 11.3 Å². The lowest BCUT2D eigenvalue weighted by atomic mass is 10.2. The molecule has 0 amide bonds. The Kier molecular flexibility index (Phi) is 4.07. The van der Waals surface area contributed by atoms with Gasteiger partial charge in [-0.2, -0.15) is 4.98 Å². The van der Waals surface area contributed by atoms with Crippen molar-refractivity contribution in [3.63, 3.8) is 0 Å². The number of hydrogen-bond acceptors (Lipinski definition) is 3. The van der Waals surface area contributed by atoms with E-state index in [1.807, 2.05) is 30.1 Å².